The second-order valence-corrected chi connectivity index (χ2v) is 3.73. The Hall–Kier alpha value is -1.95. The summed E-state index contributed by atoms with van der Waals surface area (Å²) in [5.74, 6) is -2.43. The Morgan fingerprint density at radius 3 is 2.65 bits per heavy atom. The standard InChI is InChI=1S/C11H13FN2O3/c1-6(13)4-10(15)14-9-3-2-7(11(16)17)5-8(9)12/h2-3,5-6H,4,13H2,1H3,(H,14,15)(H,16,17). The number of carboxylic acids is 1. The molecule has 0 radical (unpaired) electrons. The summed E-state index contributed by atoms with van der Waals surface area (Å²) in [6.07, 6.45) is 0.0696. The molecule has 1 rings (SSSR count). The van der Waals surface area contributed by atoms with Gasteiger partial charge in [0.15, 0.2) is 0 Å². The number of halogens is 1. The highest BCUT2D eigenvalue weighted by Crippen LogP contribution is 2.16. The first kappa shape index (κ1) is 13.1. The number of hydrogen-bond acceptors (Lipinski definition) is 3. The zero-order valence-electron chi connectivity index (χ0n) is 9.24. The molecule has 1 amide bonds. The highest BCUT2D eigenvalue weighted by Gasteiger charge is 2.11. The minimum absolute atomic E-state index is 0.0550. The molecule has 0 saturated heterocycles. The van der Waals surface area contributed by atoms with Gasteiger partial charge >= 0.3 is 5.97 Å². The predicted octanol–water partition coefficient (Wildman–Crippen LogP) is 1.20. The van der Waals surface area contributed by atoms with E-state index in [1.54, 1.807) is 6.92 Å². The van der Waals surface area contributed by atoms with E-state index in [2.05, 4.69) is 5.32 Å². The van der Waals surface area contributed by atoms with Gasteiger partial charge in [0.25, 0.3) is 0 Å². The number of carbonyl (C=O) groups excluding carboxylic acids is 1. The van der Waals surface area contributed by atoms with Crippen LogP contribution in [0.2, 0.25) is 0 Å². The normalized spacial score (nSPS) is 11.9. The van der Waals surface area contributed by atoms with Crippen LogP contribution in [0, 0.1) is 5.82 Å². The Morgan fingerprint density at radius 2 is 2.18 bits per heavy atom. The lowest BCUT2D eigenvalue weighted by molar-refractivity contribution is -0.116. The molecule has 0 spiro atoms. The number of carboxylic acid groups (broad SMARTS) is 1. The van der Waals surface area contributed by atoms with Gasteiger partial charge in [0, 0.05) is 12.5 Å². The summed E-state index contributed by atoms with van der Waals surface area (Å²) in [5, 5.41) is 11.0. The summed E-state index contributed by atoms with van der Waals surface area (Å²) in [5.41, 5.74) is 5.19. The van der Waals surface area contributed by atoms with Crippen LogP contribution in [-0.4, -0.2) is 23.0 Å². The molecule has 0 bridgehead atoms. The van der Waals surface area contributed by atoms with Crippen LogP contribution in [-0.2, 0) is 4.79 Å². The highest BCUT2D eigenvalue weighted by atomic mass is 19.1. The van der Waals surface area contributed by atoms with Crippen molar-refractivity contribution in [1.29, 1.82) is 0 Å². The van der Waals surface area contributed by atoms with Crippen molar-refractivity contribution in [2.75, 3.05) is 5.32 Å². The first-order valence-corrected chi connectivity index (χ1v) is 4.98. The van der Waals surface area contributed by atoms with E-state index in [1.165, 1.54) is 12.1 Å². The molecule has 1 aromatic carbocycles. The number of anilines is 1. The number of aromatic carboxylic acids is 1. The number of nitrogens with two attached hydrogens (primary N) is 1. The SMILES string of the molecule is CC(N)CC(=O)Nc1ccc(C(=O)O)cc1F. The lowest BCUT2D eigenvalue weighted by Gasteiger charge is -2.08. The number of benzene rings is 1. The van der Waals surface area contributed by atoms with E-state index in [0.717, 1.165) is 6.07 Å². The minimum atomic E-state index is -1.22. The third-order valence-corrected chi connectivity index (χ3v) is 2.00. The molecule has 1 aromatic rings. The van der Waals surface area contributed by atoms with Crippen molar-refractivity contribution in [2.24, 2.45) is 5.73 Å². The maximum atomic E-state index is 13.4. The highest BCUT2D eigenvalue weighted by molar-refractivity contribution is 5.92. The number of rotatable bonds is 4. The fourth-order valence-electron chi connectivity index (χ4n) is 1.24. The largest absolute Gasteiger partial charge is 0.478 e. The van der Waals surface area contributed by atoms with Crippen LogP contribution >= 0.6 is 0 Å². The molecular formula is C11H13FN2O3. The maximum Gasteiger partial charge on any atom is 0.335 e. The van der Waals surface area contributed by atoms with Gasteiger partial charge in [-0.1, -0.05) is 0 Å². The Balaban J connectivity index is 2.79. The van der Waals surface area contributed by atoms with E-state index < -0.39 is 17.7 Å². The molecule has 4 N–H and O–H groups in total. The van der Waals surface area contributed by atoms with Crippen molar-refractivity contribution in [3.8, 4) is 0 Å². The molecule has 0 aliphatic carbocycles. The predicted molar refractivity (Wildman–Crippen MR) is 60.3 cm³/mol. The van der Waals surface area contributed by atoms with Gasteiger partial charge in [0.05, 0.1) is 11.3 Å². The van der Waals surface area contributed by atoms with Crippen molar-refractivity contribution in [3.63, 3.8) is 0 Å². The third-order valence-electron chi connectivity index (χ3n) is 2.00. The fraction of sp³-hybridized carbons (Fsp3) is 0.273. The summed E-state index contributed by atoms with van der Waals surface area (Å²) in [7, 11) is 0. The number of amides is 1. The van der Waals surface area contributed by atoms with E-state index >= 15 is 0 Å². The van der Waals surface area contributed by atoms with Crippen molar-refractivity contribution >= 4 is 17.6 Å². The number of carbonyl (C=O) groups is 2. The van der Waals surface area contributed by atoms with E-state index in [9.17, 15) is 14.0 Å². The molecule has 92 valence electrons. The van der Waals surface area contributed by atoms with Crippen LogP contribution in [0.25, 0.3) is 0 Å². The molecule has 0 fully saturated rings. The van der Waals surface area contributed by atoms with Gasteiger partial charge in [-0.15, -0.1) is 0 Å². The van der Waals surface area contributed by atoms with Gasteiger partial charge in [-0.3, -0.25) is 4.79 Å². The molecule has 1 unspecified atom stereocenters. The lowest BCUT2D eigenvalue weighted by atomic mass is 10.2. The van der Waals surface area contributed by atoms with Crippen molar-refractivity contribution < 1.29 is 19.1 Å². The van der Waals surface area contributed by atoms with E-state index in [0.29, 0.717) is 0 Å². The van der Waals surface area contributed by atoms with Crippen molar-refractivity contribution in [1.82, 2.24) is 0 Å². The van der Waals surface area contributed by atoms with E-state index in [-0.39, 0.29) is 23.7 Å². The topological polar surface area (TPSA) is 92.4 Å². The quantitative estimate of drug-likeness (QED) is 0.737. The van der Waals surface area contributed by atoms with Crippen LogP contribution < -0.4 is 11.1 Å². The van der Waals surface area contributed by atoms with Crippen LogP contribution in [0.15, 0.2) is 18.2 Å². The molecular weight excluding hydrogens is 227 g/mol. The molecule has 0 saturated carbocycles. The molecule has 0 heterocycles. The van der Waals surface area contributed by atoms with Crippen LogP contribution in [0.5, 0.6) is 0 Å². The minimum Gasteiger partial charge on any atom is -0.478 e. The van der Waals surface area contributed by atoms with Gasteiger partial charge in [-0.2, -0.15) is 0 Å². The Bertz CT molecular complexity index is 446. The smallest absolute Gasteiger partial charge is 0.335 e. The molecule has 0 aromatic heterocycles. The number of hydrogen-bond donors (Lipinski definition) is 3. The van der Waals surface area contributed by atoms with Gasteiger partial charge in [0.1, 0.15) is 5.82 Å². The molecule has 0 aliphatic rings. The van der Waals surface area contributed by atoms with Crippen LogP contribution in [0.3, 0.4) is 0 Å². The van der Waals surface area contributed by atoms with E-state index in [1.807, 2.05) is 0 Å². The van der Waals surface area contributed by atoms with Gasteiger partial charge in [0.2, 0.25) is 5.91 Å². The molecule has 0 aliphatic heterocycles. The van der Waals surface area contributed by atoms with Crippen LogP contribution in [0.1, 0.15) is 23.7 Å². The maximum absolute atomic E-state index is 13.4. The summed E-state index contributed by atoms with van der Waals surface area (Å²) >= 11 is 0. The van der Waals surface area contributed by atoms with E-state index in [4.69, 9.17) is 10.8 Å². The molecule has 17 heavy (non-hydrogen) atoms. The third kappa shape index (κ3) is 3.84. The van der Waals surface area contributed by atoms with Gasteiger partial charge < -0.3 is 16.2 Å². The first-order chi connectivity index (χ1) is 7.90. The average Bonchev–Trinajstić information content (AvgIpc) is 2.19. The summed E-state index contributed by atoms with van der Waals surface area (Å²) in [4.78, 5) is 21.9. The average molecular weight is 240 g/mol. The summed E-state index contributed by atoms with van der Waals surface area (Å²) in [6.45, 7) is 1.66. The molecule has 1 atom stereocenters. The van der Waals surface area contributed by atoms with Gasteiger partial charge in [-0.25, -0.2) is 9.18 Å². The summed E-state index contributed by atoms with van der Waals surface area (Å²) in [6, 6.07) is 2.95. The Labute approximate surface area is 97.4 Å². The Morgan fingerprint density at radius 1 is 1.53 bits per heavy atom. The number of nitrogens with one attached hydrogen (secondary N) is 1. The molecule has 5 nitrogen and oxygen atoms in total. The zero-order chi connectivity index (χ0) is 13.0. The second kappa shape index (κ2) is 5.40. The second-order valence-electron chi connectivity index (χ2n) is 3.73. The fourth-order valence-corrected chi connectivity index (χ4v) is 1.24. The monoisotopic (exact) mass is 240 g/mol. The van der Waals surface area contributed by atoms with Crippen molar-refractivity contribution in [3.05, 3.63) is 29.6 Å². The Kier molecular flexibility index (Phi) is 4.17. The molecule has 6 heteroatoms. The lowest BCUT2D eigenvalue weighted by Crippen LogP contribution is -2.24. The first-order valence-electron chi connectivity index (χ1n) is 4.98. The van der Waals surface area contributed by atoms with Crippen molar-refractivity contribution in [2.45, 2.75) is 19.4 Å². The zero-order valence-corrected chi connectivity index (χ0v) is 9.24. The van der Waals surface area contributed by atoms with Crippen LogP contribution in [0.4, 0.5) is 10.1 Å². The van der Waals surface area contributed by atoms with Gasteiger partial charge in [-0.05, 0) is 25.1 Å². The summed E-state index contributed by atoms with van der Waals surface area (Å²) < 4.78 is 13.4.